The summed E-state index contributed by atoms with van der Waals surface area (Å²) in [4.78, 5) is 9.87. The quantitative estimate of drug-likeness (QED) is 0.295. The molecule has 2 rings (SSSR count). The Morgan fingerprint density at radius 2 is 2.00 bits per heavy atom. The SMILES string of the molecule is O=[N+]([O-])c1cc2ccccc2[n+]([O-])c1. The summed E-state index contributed by atoms with van der Waals surface area (Å²) in [5.74, 6) is 0. The van der Waals surface area contributed by atoms with Crippen molar-refractivity contribution in [1.82, 2.24) is 0 Å². The van der Waals surface area contributed by atoms with Crippen molar-refractivity contribution in [2.45, 2.75) is 0 Å². The van der Waals surface area contributed by atoms with E-state index < -0.39 is 4.92 Å². The molecule has 0 atom stereocenters. The maximum atomic E-state index is 11.3. The van der Waals surface area contributed by atoms with Crippen molar-refractivity contribution in [3.63, 3.8) is 0 Å². The van der Waals surface area contributed by atoms with Crippen LogP contribution in [-0.2, 0) is 0 Å². The van der Waals surface area contributed by atoms with Gasteiger partial charge < -0.3 is 5.21 Å². The summed E-state index contributed by atoms with van der Waals surface area (Å²) in [6, 6.07) is 8.10. The lowest BCUT2D eigenvalue weighted by Gasteiger charge is -2.00. The number of benzene rings is 1. The average molecular weight is 190 g/mol. The van der Waals surface area contributed by atoms with Crippen LogP contribution in [0.1, 0.15) is 0 Å². The van der Waals surface area contributed by atoms with E-state index in [4.69, 9.17) is 0 Å². The van der Waals surface area contributed by atoms with E-state index in [0.29, 0.717) is 15.6 Å². The fourth-order valence-corrected chi connectivity index (χ4v) is 1.30. The number of para-hydroxylation sites is 1. The average Bonchev–Trinajstić information content (AvgIpc) is 2.17. The normalized spacial score (nSPS) is 10.3. The minimum absolute atomic E-state index is 0.196. The van der Waals surface area contributed by atoms with Gasteiger partial charge in [0.25, 0.3) is 6.20 Å². The molecule has 0 saturated heterocycles. The van der Waals surface area contributed by atoms with Crippen LogP contribution in [0.5, 0.6) is 0 Å². The third-order valence-corrected chi connectivity index (χ3v) is 1.94. The highest BCUT2D eigenvalue weighted by atomic mass is 16.6. The van der Waals surface area contributed by atoms with Gasteiger partial charge in [-0.15, -0.1) is 0 Å². The molecule has 1 heterocycles. The molecule has 0 N–H and O–H groups in total. The van der Waals surface area contributed by atoms with Crippen LogP contribution in [0.25, 0.3) is 10.9 Å². The largest absolute Gasteiger partial charge is 0.618 e. The Hall–Kier alpha value is -2.17. The third kappa shape index (κ3) is 1.24. The first kappa shape index (κ1) is 8.43. The molecule has 1 aromatic carbocycles. The second-order valence-corrected chi connectivity index (χ2v) is 2.84. The number of nitro groups is 1. The van der Waals surface area contributed by atoms with Crippen molar-refractivity contribution < 1.29 is 9.65 Å². The molecule has 0 saturated carbocycles. The summed E-state index contributed by atoms with van der Waals surface area (Å²) in [6.45, 7) is 0. The minimum atomic E-state index is -0.582. The van der Waals surface area contributed by atoms with Gasteiger partial charge in [-0.1, -0.05) is 12.1 Å². The van der Waals surface area contributed by atoms with Gasteiger partial charge in [-0.2, -0.15) is 4.73 Å². The Kier molecular flexibility index (Phi) is 1.78. The molecule has 5 heteroatoms. The molecule has 0 aliphatic carbocycles. The van der Waals surface area contributed by atoms with E-state index in [-0.39, 0.29) is 5.69 Å². The molecule has 0 aliphatic heterocycles. The predicted molar refractivity (Wildman–Crippen MR) is 49.6 cm³/mol. The lowest BCUT2D eigenvalue weighted by atomic mass is 10.2. The molecular formula is C9H6N2O3. The molecular weight excluding hydrogens is 184 g/mol. The fourth-order valence-electron chi connectivity index (χ4n) is 1.30. The van der Waals surface area contributed by atoms with Crippen LogP contribution < -0.4 is 4.73 Å². The zero-order valence-electron chi connectivity index (χ0n) is 7.08. The maximum Gasteiger partial charge on any atom is 0.334 e. The van der Waals surface area contributed by atoms with Crippen molar-refractivity contribution in [1.29, 1.82) is 0 Å². The summed E-state index contributed by atoms with van der Waals surface area (Å²) >= 11 is 0. The van der Waals surface area contributed by atoms with Gasteiger partial charge in [0.1, 0.15) is 0 Å². The van der Waals surface area contributed by atoms with Crippen LogP contribution in [0.15, 0.2) is 36.5 Å². The number of rotatable bonds is 1. The van der Waals surface area contributed by atoms with Crippen molar-refractivity contribution in [3.8, 4) is 0 Å². The van der Waals surface area contributed by atoms with Gasteiger partial charge in [0.05, 0.1) is 10.3 Å². The number of fused-ring (bicyclic) bond motifs is 1. The van der Waals surface area contributed by atoms with Gasteiger partial charge in [-0.05, 0) is 6.07 Å². The van der Waals surface area contributed by atoms with E-state index >= 15 is 0 Å². The number of aromatic nitrogens is 1. The lowest BCUT2D eigenvalue weighted by molar-refractivity contribution is -0.582. The van der Waals surface area contributed by atoms with Crippen LogP contribution in [0.3, 0.4) is 0 Å². The Morgan fingerprint density at radius 3 is 2.71 bits per heavy atom. The molecule has 0 unspecified atom stereocenters. The van der Waals surface area contributed by atoms with E-state index in [1.165, 1.54) is 6.07 Å². The Morgan fingerprint density at radius 1 is 1.29 bits per heavy atom. The summed E-state index contributed by atoms with van der Waals surface area (Å²) in [6.07, 6.45) is 0.961. The van der Waals surface area contributed by atoms with Crippen molar-refractivity contribution in [3.05, 3.63) is 51.9 Å². The Balaban J connectivity index is 2.78. The second-order valence-electron chi connectivity index (χ2n) is 2.84. The van der Waals surface area contributed by atoms with Crippen molar-refractivity contribution in [2.75, 3.05) is 0 Å². The Labute approximate surface area is 78.9 Å². The van der Waals surface area contributed by atoms with Crippen LogP contribution >= 0.6 is 0 Å². The number of hydrogen-bond donors (Lipinski definition) is 0. The highest BCUT2D eigenvalue weighted by Crippen LogP contribution is 2.15. The molecule has 0 radical (unpaired) electrons. The van der Waals surface area contributed by atoms with Gasteiger partial charge in [-0.25, -0.2) is 0 Å². The zero-order chi connectivity index (χ0) is 10.1. The summed E-state index contributed by atoms with van der Waals surface area (Å²) in [7, 11) is 0. The van der Waals surface area contributed by atoms with E-state index in [2.05, 4.69) is 0 Å². The Bertz CT molecular complexity index is 510. The highest BCUT2D eigenvalue weighted by molar-refractivity contribution is 5.77. The summed E-state index contributed by atoms with van der Waals surface area (Å²) in [5, 5.41) is 22.3. The second kappa shape index (κ2) is 2.95. The first-order valence-corrected chi connectivity index (χ1v) is 3.95. The smallest absolute Gasteiger partial charge is 0.334 e. The van der Waals surface area contributed by atoms with E-state index in [1.54, 1.807) is 24.3 Å². The number of hydrogen-bond acceptors (Lipinski definition) is 3. The van der Waals surface area contributed by atoms with Gasteiger partial charge in [0.2, 0.25) is 5.52 Å². The van der Waals surface area contributed by atoms with E-state index in [1.807, 2.05) is 0 Å². The van der Waals surface area contributed by atoms with Gasteiger partial charge in [-0.3, -0.25) is 10.1 Å². The highest BCUT2D eigenvalue weighted by Gasteiger charge is 2.13. The molecule has 0 aliphatic rings. The topological polar surface area (TPSA) is 70.1 Å². The van der Waals surface area contributed by atoms with Crippen LogP contribution in [0, 0.1) is 15.3 Å². The van der Waals surface area contributed by atoms with Crippen LogP contribution in [0.2, 0.25) is 0 Å². The molecule has 2 aromatic rings. The van der Waals surface area contributed by atoms with Crippen LogP contribution in [0.4, 0.5) is 5.69 Å². The molecule has 5 nitrogen and oxygen atoms in total. The monoisotopic (exact) mass is 190 g/mol. The fraction of sp³-hybridized carbons (Fsp3) is 0. The maximum absolute atomic E-state index is 11.3. The van der Waals surface area contributed by atoms with E-state index in [0.717, 1.165) is 6.20 Å². The zero-order valence-corrected chi connectivity index (χ0v) is 7.08. The first-order valence-electron chi connectivity index (χ1n) is 3.95. The molecule has 70 valence electrons. The van der Waals surface area contributed by atoms with Crippen molar-refractivity contribution >= 4 is 16.6 Å². The molecule has 1 aromatic heterocycles. The molecule has 0 fully saturated rings. The minimum Gasteiger partial charge on any atom is -0.618 e. The summed E-state index contributed by atoms with van der Waals surface area (Å²) in [5.41, 5.74) is 0.233. The number of pyridine rings is 1. The first-order chi connectivity index (χ1) is 6.68. The third-order valence-electron chi connectivity index (χ3n) is 1.94. The van der Waals surface area contributed by atoms with E-state index in [9.17, 15) is 15.3 Å². The lowest BCUT2D eigenvalue weighted by Crippen LogP contribution is -2.26. The standard InChI is InChI=1S/C9H6N2O3/c12-10-6-8(11(13)14)5-7-3-1-2-4-9(7)10/h1-6H. The molecule has 14 heavy (non-hydrogen) atoms. The van der Waals surface area contributed by atoms with Gasteiger partial charge in [0, 0.05) is 12.1 Å². The predicted octanol–water partition coefficient (Wildman–Crippen LogP) is 1.38. The van der Waals surface area contributed by atoms with Crippen molar-refractivity contribution in [2.24, 2.45) is 0 Å². The van der Waals surface area contributed by atoms with Gasteiger partial charge in [0.15, 0.2) is 0 Å². The number of nitrogens with zero attached hydrogens (tertiary/aromatic N) is 2. The molecule has 0 spiro atoms. The molecule has 0 bridgehead atoms. The summed E-state index contributed by atoms with van der Waals surface area (Å²) < 4.78 is 0.507. The van der Waals surface area contributed by atoms with Gasteiger partial charge >= 0.3 is 5.69 Å². The molecule has 0 amide bonds. The van der Waals surface area contributed by atoms with Crippen LogP contribution in [-0.4, -0.2) is 4.92 Å².